The molecule has 0 aromatic heterocycles. The molecular weight excluding hydrogens is 420 g/mol. The average molecular weight is 471 g/mol. The summed E-state index contributed by atoms with van der Waals surface area (Å²) in [7, 11) is 0. The standard InChI is InChI=1S/C27H50O6/c1-22(2)15-11-9-7-5-6-8-10-12-19-30-26(28)32-24-17-13-18-25(21-24)33-27(29)31-20-14-16-23(3)4/h22-25H,5-21H2,1-4H3. The Morgan fingerprint density at radius 3 is 1.58 bits per heavy atom. The van der Waals surface area contributed by atoms with Crippen LogP contribution in [0.2, 0.25) is 0 Å². The van der Waals surface area contributed by atoms with Gasteiger partial charge in [-0.3, -0.25) is 0 Å². The van der Waals surface area contributed by atoms with Crippen molar-refractivity contribution in [2.24, 2.45) is 11.8 Å². The van der Waals surface area contributed by atoms with Gasteiger partial charge in [-0.2, -0.15) is 0 Å². The zero-order valence-electron chi connectivity index (χ0n) is 21.8. The summed E-state index contributed by atoms with van der Waals surface area (Å²) in [5.41, 5.74) is 0. The van der Waals surface area contributed by atoms with Gasteiger partial charge in [-0.15, -0.1) is 0 Å². The Morgan fingerprint density at radius 1 is 0.636 bits per heavy atom. The molecule has 1 aliphatic carbocycles. The SMILES string of the molecule is CC(C)CCCCCCCCCCOC(=O)OC1CCCC(OC(=O)OCCCC(C)C)C1. The Hall–Kier alpha value is -1.46. The van der Waals surface area contributed by atoms with Gasteiger partial charge in [-0.25, -0.2) is 9.59 Å². The minimum absolute atomic E-state index is 0.263. The summed E-state index contributed by atoms with van der Waals surface area (Å²) >= 11 is 0. The molecule has 0 aliphatic heterocycles. The van der Waals surface area contributed by atoms with E-state index in [9.17, 15) is 9.59 Å². The molecule has 1 rings (SSSR count). The Morgan fingerprint density at radius 2 is 1.06 bits per heavy atom. The van der Waals surface area contributed by atoms with Crippen molar-refractivity contribution in [3.05, 3.63) is 0 Å². The van der Waals surface area contributed by atoms with E-state index in [0.717, 1.165) is 50.9 Å². The van der Waals surface area contributed by atoms with Gasteiger partial charge >= 0.3 is 12.3 Å². The van der Waals surface area contributed by atoms with Gasteiger partial charge in [0.25, 0.3) is 0 Å². The third kappa shape index (κ3) is 17.7. The molecule has 0 bridgehead atoms. The first kappa shape index (κ1) is 29.6. The fourth-order valence-corrected chi connectivity index (χ4v) is 4.17. The average Bonchev–Trinajstić information content (AvgIpc) is 2.75. The van der Waals surface area contributed by atoms with E-state index >= 15 is 0 Å². The van der Waals surface area contributed by atoms with Crippen LogP contribution in [0.15, 0.2) is 0 Å². The van der Waals surface area contributed by atoms with E-state index in [0.29, 0.717) is 25.6 Å². The maximum Gasteiger partial charge on any atom is 0.508 e. The molecule has 2 atom stereocenters. The highest BCUT2D eigenvalue weighted by Crippen LogP contribution is 2.24. The van der Waals surface area contributed by atoms with Crippen molar-refractivity contribution in [1.29, 1.82) is 0 Å². The Bertz CT molecular complexity index is 505. The summed E-state index contributed by atoms with van der Waals surface area (Å²) < 4.78 is 21.2. The third-order valence-electron chi connectivity index (χ3n) is 6.15. The lowest BCUT2D eigenvalue weighted by molar-refractivity contribution is -0.0351. The lowest BCUT2D eigenvalue weighted by Gasteiger charge is -2.28. The maximum atomic E-state index is 12.0. The molecule has 0 aromatic rings. The first-order valence-corrected chi connectivity index (χ1v) is 13.5. The van der Waals surface area contributed by atoms with Crippen molar-refractivity contribution < 1.29 is 28.5 Å². The molecule has 0 saturated heterocycles. The molecule has 6 heteroatoms. The minimum atomic E-state index is -0.623. The van der Waals surface area contributed by atoms with Crippen LogP contribution in [0.3, 0.4) is 0 Å². The van der Waals surface area contributed by atoms with Crippen molar-refractivity contribution in [3.8, 4) is 0 Å². The van der Waals surface area contributed by atoms with Gasteiger partial charge in [0, 0.05) is 6.42 Å². The third-order valence-corrected chi connectivity index (χ3v) is 6.15. The van der Waals surface area contributed by atoms with Gasteiger partial charge in [-0.1, -0.05) is 79.1 Å². The van der Waals surface area contributed by atoms with Crippen molar-refractivity contribution in [2.75, 3.05) is 13.2 Å². The molecule has 1 aliphatic rings. The van der Waals surface area contributed by atoms with Crippen molar-refractivity contribution in [3.63, 3.8) is 0 Å². The topological polar surface area (TPSA) is 71.1 Å². The fraction of sp³-hybridized carbons (Fsp3) is 0.926. The highest BCUT2D eigenvalue weighted by Gasteiger charge is 2.28. The van der Waals surface area contributed by atoms with Crippen molar-refractivity contribution >= 4 is 12.3 Å². The molecular formula is C27H50O6. The smallest absolute Gasteiger partial charge is 0.434 e. The molecule has 1 saturated carbocycles. The second-order valence-corrected chi connectivity index (χ2v) is 10.4. The summed E-state index contributed by atoms with van der Waals surface area (Å²) in [5, 5.41) is 0. The highest BCUT2D eigenvalue weighted by molar-refractivity contribution is 5.60. The van der Waals surface area contributed by atoms with Gasteiger partial charge in [0.15, 0.2) is 0 Å². The monoisotopic (exact) mass is 470 g/mol. The molecule has 2 unspecified atom stereocenters. The first-order chi connectivity index (χ1) is 15.9. The van der Waals surface area contributed by atoms with Crippen LogP contribution in [-0.4, -0.2) is 37.7 Å². The second kappa shape index (κ2) is 18.9. The molecule has 1 fully saturated rings. The molecule has 0 N–H and O–H groups in total. The zero-order valence-corrected chi connectivity index (χ0v) is 21.8. The summed E-state index contributed by atoms with van der Waals surface area (Å²) in [6.45, 7) is 9.64. The van der Waals surface area contributed by atoms with Crippen LogP contribution in [0.1, 0.15) is 124 Å². The van der Waals surface area contributed by atoms with E-state index in [2.05, 4.69) is 27.7 Å². The van der Waals surface area contributed by atoms with Crippen LogP contribution in [-0.2, 0) is 18.9 Å². The Kier molecular flexibility index (Phi) is 16.9. The minimum Gasteiger partial charge on any atom is -0.434 e. The van der Waals surface area contributed by atoms with E-state index < -0.39 is 12.3 Å². The van der Waals surface area contributed by atoms with Crippen LogP contribution >= 0.6 is 0 Å². The number of rotatable bonds is 17. The molecule has 0 amide bonds. The quantitative estimate of drug-likeness (QED) is 0.157. The lowest BCUT2D eigenvalue weighted by atomic mass is 9.95. The maximum absolute atomic E-state index is 12.0. The van der Waals surface area contributed by atoms with Gasteiger partial charge in [-0.05, 0) is 50.4 Å². The molecule has 0 aromatic carbocycles. The fourth-order valence-electron chi connectivity index (χ4n) is 4.17. The van der Waals surface area contributed by atoms with E-state index in [4.69, 9.17) is 18.9 Å². The number of hydrogen-bond acceptors (Lipinski definition) is 6. The largest absolute Gasteiger partial charge is 0.508 e. The van der Waals surface area contributed by atoms with Crippen LogP contribution in [0.4, 0.5) is 9.59 Å². The Labute approximate surface area is 202 Å². The normalized spacial score (nSPS) is 18.4. The van der Waals surface area contributed by atoms with Crippen LogP contribution in [0.5, 0.6) is 0 Å². The molecule has 0 heterocycles. The highest BCUT2D eigenvalue weighted by atomic mass is 16.7. The number of unbranched alkanes of at least 4 members (excludes halogenated alkanes) is 7. The van der Waals surface area contributed by atoms with E-state index in [-0.39, 0.29) is 12.2 Å². The van der Waals surface area contributed by atoms with Crippen LogP contribution in [0.25, 0.3) is 0 Å². The van der Waals surface area contributed by atoms with Gasteiger partial charge in [0.2, 0.25) is 0 Å². The Balaban J connectivity index is 2.01. The van der Waals surface area contributed by atoms with Crippen molar-refractivity contribution in [1.82, 2.24) is 0 Å². The van der Waals surface area contributed by atoms with Gasteiger partial charge in [0.05, 0.1) is 13.2 Å². The van der Waals surface area contributed by atoms with Gasteiger partial charge < -0.3 is 18.9 Å². The van der Waals surface area contributed by atoms with Crippen LogP contribution in [0, 0.1) is 11.8 Å². The van der Waals surface area contributed by atoms with Gasteiger partial charge in [0.1, 0.15) is 12.2 Å². The van der Waals surface area contributed by atoms with Crippen LogP contribution < -0.4 is 0 Å². The second-order valence-electron chi connectivity index (χ2n) is 10.4. The first-order valence-electron chi connectivity index (χ1n) is 13.5. The van der Waals surface area contributed by atoms with E-state index in [1.165, 1.54) is 44.9 Å². The number of carbonyl (C=O) groups is 2. The molecule has 0 radical (unpaired) electrons. The summed E-state index contributed by atoms with van der Waals surface area (Å²) in [4.78, 5) is 23.8. The molecule has 6 nitrogen and oxygen atoms in total. The number of ether oxygens (including phenoxy) is 4. The summed E-state index contributed by atoms with van der Waals surface area (Å²) in [5.74, 6) is 1.41. The molecule has 0 spiro atoms. The predicted octanol–water partition coefficient (Wildman–Crippen LogP) is 8.21. The number of carbonyl (C=O) groups excluding carboxylic acids is 2. The zero-order chi connectivity index (χ0) is 24.3. The molecule has 194 valence electrons. The summed E-state index contributed by atoms with van der Waals surface area (Å²) in [6.07, 6.45) is 14.1. The predicted molar refractivity (Wildman–Crippen MR) is 131 cm³/mol. The van der Waals surface area contributed by atoms with E-state index in [1.807, 2.05) is 0 Å². The molecule has 33 heavy (non-hydrogen) atoms. The summed E-state index contributed by atoms with van der Waals surface area (Å²) in [6, 6.07) is 0. The van der Waals surface area contributed by atoms with Crippen molar-refractivity contribution in [2.45, 2.75) is 136 Å². The lowest BCUT2D eigenvalue weighted by Crippen LogP contribution is -2.32. The van der Waals surface area contributed by atoms with E-state index in [1.54, 1.807) is 0 Å². The number of hydrogen-bond donors (Lipinski definition) is 0.